The predicted molar refractivity (Wildman–Crippen MR) is 63.8 cm³/mol. The Balaban J connectivity index is 3.10. The minimum absolute atomic E-state index is 0.141. The molecule has 0 saturated heterocycles. The molecule has 94 valence electrons. The van der Waals surface area contributed by atoms with Gasteiger partial charge in [0.1, 0.15) is 17.2 Å². The summed E-state index contributed by atoms with van der Waals surface area (Å²) in [6, 6.07) is 0.976. The molecule has 17 heavy (non-hydrogen) atoms. The largest absolute Gasteiger partial charge is 0.478 e. The van der Waals surface area contributed by atoms with Gasteiger partial charge in [-0.15, -0.1) is 0 Å². The summed E-state index contributed by atoms with van der Waals surface area (Å²) in [5.41, 5.74) is -0.382. The molecule has 1 aromatic heterocycles. The van der Waals surface area contributed by atoms with Crippen molar-refractivity contribution in [3.05, 3.63) is 23.6 Å². The Labute approximate surface area is 99.9 Å². The molecule has 0 radical (unpaired) electrons. The van der Waals surface area contributed by atoms with Crippen LogP contribution in [0.5, 0.6) is 0 Å². The highest BCUT2D eigenvalue weighted by Gasteiger charge is 2.23. The molecule has 0 saturated carbocycles. The van der Waals surface area contributed by atoms with E-state index in [4.69, 9.17) is 5.11 Å². The molecule has 0 aromatic carbocycles. The first-order valence-corrected chi connectivity index (χ1v) is 5.59. The molecular weight excluding hydrogens is 223 g/mol. The normalized spacial score (nSPS) is 11.3. The standard InChI is InChI=1S/C12H17FN2O2/c1-4-12(3,5-2)15-10-9(11(16)17)6-8(13)7-14-10/h6-7H,4-5H2,1-3H3,(H,14,15)(H,16,17). The van der Waals surface area contributed by atoms with Crippen molar-refractivity contribution >= 4 is 11.8 Å². The van der Waals surface area contributed by atoms with Crippen LogP contribution in [0.1, 0.15) is 44.0 Å². The van der Waals surface area contributed by atoms with Crippen LogP contribution < -0.4 is 5.32 Å². The van der Waals surface area contributed by atoms with Crippen LogP contribution in [0, 0.1) is 5.82 Å². The van der Waals surface area contributed by atoms with Gasteiger partial charge < -0.3 is 10.4 Å². The third kappa shape index (κ3) is 3.15. The molecule has 0 spiro atoms. The molecule has 0 fully saturated rings. The minimum Gasteiger partial charge on any atom is -0.478 e. The van der Waals surface area contributed by atoms with Gasteiger partial charge in [0, 0.05) is 5.54 Å². The van der Waals surface area contributed by atoms with Gasteiger partial charge in [0.05, 0.1) is 6.20 Å². The zero-order valence-electron chi connectivity index (χ0n) is 10.2. The summed E-state index contributed by atoms with van der Waals surface area (Å²) in [6.45, 7) is 5.98. The second kappa shape index (κ2) is 5.12. The van der Waals surface area contributed by atoms with Crippen LogP contribution in [0.25, 0.3) is 0 Å². The number of aromatic carboxylic acids is 1. The molecule has 0 aliphatic heterocycles. The van der Waals surface area contributed by atoms with Gasteiger partial charge in [-0.2, -0.15) is 0 Å². The first-order valence-electron chi connectivity index (χ1n) is 5.59. The van der Waals surface area contributed by atoms with E-state index in [1.807, 2.05) is 20.8 Å². The van der Waals surface area contributed by atoms with E-state index in [9.17, 15) is 9.18 Å². The Kier molecular flexibility index (Phi) is 4.04. The monoisotopic (exact) mass is 240 g/mol. The zero-order valence-corrected chi connectivity index (χ0v) is 10.2. The molecule has 0 aliphatic rings. The summed E-state index contributed by atoms with van der Waals surface area (Å²) in [4.78, 5) is 14.8. The van der Waals surface area contributed by atoms with E-state index in [0.29, 0.717) is 0 Å². The Morgan fingerprint density at radius 3 is 2.59 bits per heavy atom. The lowest BCUT2D eigenvalue weighted by atomic mass is 9.95. The fourth-order valence-corrected chi connectivity index (χ4v) is 1.41. The number of hydrogen-bond acceptors (Lipinski definition) is 3. The van der Waals surface area contributed by atoms with Gasteiger partial charge in [0.25, 0.3) is 0 Å². The van der Waals surface area contributed by atoms with Gasteiger partial charge in [-0.05, 0) is 25.8 Å². The predicted octanol–water partition coefficient (Wildman–Crippen LogP) is 2.91. The second-order valence-corrected chi connectivity index (χ2v) is 4.25. The SMILES string of the molecule is CCC(C)(CC)Nc1ncc(F)cc1C(=O)O. The van der Waals surface area contributed by atoms with Crippen molar-refractivity contribution in [1.29, 1.82) is 0 Å². The number of pyridine rings is 1. The Morgan fingerprint density at radius 1 is 1.53 bits per heavy atom. The Bertz CT molecular complexity index is 417. The van der Waals surface area contributed by atoms with Crippen molar-refractivity contribution in [2.45, 2.75) is 39.2 Å². The lowest BCUT2D eigenvalue weighted by Crippen LogP contribution is -2.34. The van der Waals surface area contributed by atoms with Crippen molar-refractivity contribution in [1.82, 2.24) is 4.98 Å². The van der Waals surface area contributed by atoms with Crippen LogP contribution in [0.3, 0.4) is 0 Å². The maximum atomic E-state index is 13.0. The number of nitrogens with one attached hydrogen (secondary N) is 1. The highest BCUT2D eigenvalue weighted by Crippen LogP contribution is 2.23. The lowest BCUT2D eigenvalue weighted by Gasteiger charge is -2.29. The Hall–Kier alpha value is -1.65. The number of carbonyl (C=O) groups is 1. The van der Waals surface area contributed by atoms with E-state index in [1.165, 1.54) is 0 Å². The molecule has 4 nitrogen and oxygen atoms in total. The molecule has 2 N–H and O–H groups in total. The summed E-state index contributed by atoms with van der Waals surface area (Å²) in [5, 5.41) is 12.1. The molecule has 0 bridgehead atoms. The third-order valence-corrected chi connectivity index (χ3v) is 3.07. The second-order valence-electron chi connectivity index (χ2n) is 4.25. The van der Waals surface area contributed by atoms with E-state index in [2.05, 4.69) is 10.3 Å². The lowest BCUT2D eigenvalue weighted by molar-refractivity contribution is 0.0697. The van der Waals surface area contributed by atoms with E-state index >= 15 is 0 Å². The number of halogens is 1. The van der Waals surface area contributed by atoms with Crippen LogP contribution in [0.15, 0.2) is 12.3 Å². The van der Waals surface area contributed by atoms with Crippen molar-refractivity contribution in [3.8, 4) is 0 Å². The molecule has 1 rings (SSSR count). The fraction of sp³-hybridized carbons (Fsp3) is 0.500. The van der Waals surface area contributed by atoms with Gasteiger partial charge >= 0.3 is 5.97 Å². The molecule has 0 atom stereocenters. The molecule has 0 amide bonds. The molecule has 0 aliphatic carbocycles. The van der Waals surface area contributed by atoms with E-state index in [-0.39, 0.29) is 16.9 Å². The summed E-state index contributed by atoms with van der Waals surface area (Å²) in [6.07, 6.45) is 2.66. The van der Waals surface area contributed by atoms with Gasteiger partial charge in [-0.25, -0.2) is 14.2 Å². The van der Waals surface area contributed by atoms with Crippen molar-refractivity contribution in [2.24, 2.45) is 0 Å². The highest BCUT2D eigenvalue weighted by molar-refractivity contribution is 5.93. The quantitative estimate of drug-likeness (QED) is 0.830. The van der Waals surface area contributed by atoms with Gasteiger partial charge in [0.2, 0.25) is 0 Å². The summed E-state index contributed by atoms with van der Waals surface area (Å²) < 4.78 is 13.0. The maximum absolute atomic E-state index is 13.0. The average molecular weight is 240 g/mol. The number of aromatic nitrogens is 1. The summed E-state index contributed by atoms with van der Waals surface area (Å²) in [7, 11) is 0. The van der Waals surface area contributed by atoms with Crippen molar-refractivity contribution in [2.75, 3.05) is 5.32 Å². The minimum atomic E-state index is -1.19. The van der Waals surface area contributed by atoms with Crippen LogP contribution >= 0.6 is 0 Å². The topological polar surface area (TPSA) is 62.2 Å². The molecular formula is C12H17FN2O2. The summed E-state index contributed by atoms with van der Waals surface area (Å²) in [5.74, 6) is -1.62. The van der Waals surface area contributed by atoms with Crippen molar-refractivity contribution in [3.63, 3.8) is 0 Å². The Morgan fingerprint density at radius 2 is 2.12 bits per heavy atom. The number of nitrogens with zero attached hydrogens (tertiary/aromatic N) is 1. The van der Waals surface area contributed by atoms with E-state index < -0.39 is 11.8 Å². The highest BCUT2D eigenvalue weighted by atomic mass is 19.1. The van der Waals surface area contributed by atoms with Gasteiger partial charge in [-0.3, -0.25) is 0 Å². The smallest absolute Gasteiger partial charge is 0.339 e. The number of carboxylic acids is 1. The van der Waals surface area contributed by atoms with Crippen LogP contribution in [0.4, 0.5) is 10.2 Å². The van der Waals surface area contributed by atoms with Gasteiger partial charge in [-0.1, -0.05) is 13.8 Å². The molecule has 0 unspecified atom stereocenters. The fourth-order valence-electron chi connectivity index (χ4n) is 1.41. The van der Waals surface area contributed by atoms with Crippen LogP contribution in [-0.2, 0) is 0 Å². The summed E-state index contributed by atoms with van der Waals surface area (Å²) >= 11 is 0. The average Bonchev–Trinajstić information content (AvgIpc) is 2.31. The number of anilines is 1. The first kappa shape index (κ1) is 13.4. The maximum Gasteiger partial charge on any atom is 0.339 e. The number of hydrogen-bond donors (Lipinski definition) is 2. The van der Waals surface area contributed by atoms with Crippen LogP contribution in [0.2, 0.25) is 0 Å². The van der Waals surface area contributed by atoms with E-state index in [1.54, 1.807) is 0 Å². The van der Waals surface area contributed by atoms with E-state index in [0.717, 1.165) is 25.1 Å². The first-order chi connectivity index (χ1) is 7.91. The van der Waals surface area contributed by atoms with Crippen molar-refractivity contribution < 1.29 is 14.3 Å². The third-order valence-electron chi connectivity index (χ3n) is 3.07. The zero-order chi connectivity index (χ0) is 13.1. The molecule has 1 heterocycles. The van der Waals surface area contributed by atoms with Crippen LogP contribution in [-0.4, -0.2) is 21.6 Å². The number of carboxylic acid groups (broad SMARTS) is 1. The van der Waals surface area contributed by atoms with Gasteiger partial charge in [0.15, 0.2) is 0 Å². The molecule has 1 aromatic rings. The number of rotatable bonds is 5. The molecule has 5 heteroatoms.